The van der Waals surface area contributed by atoms with E-state index in [0.29, 0.717) is 29.2 Å². The number of hydrogen-bond acceptors (Lipinski definition) is 6. The fraction of sp³-hybridized carbons (Fsp3) is 0.120. The molecule has 9 heteroatoms. The maximum absolute atomic E-state index is 12.7. The smallest absolute Gasteiger partial charge is 0.293 e. The molecule has 0 bridgehead atoms. The average molecular weight is 569 g/mol. The molecule has 0 heterocycles. The Kier molecular flexibility index (Phi) is 8.21. The van der Waals surface area contributed by atoms with Crippen LogP contribution in [0.5, 0.6) is 11.5 Å². The first-order chi connectivity index (χ1) is 16.3. The number of carbonyl (C=O) groups excluding carboxylic acids is 1. The van der Waals surface area contributed by atoms with E-state index in [1.807, 2.05) is 36.4 Å². The Morgan fingerprint density at radius 2 is 1.94 bits per heavy atom. The Morgan fingerprint density at radius 1 is 1.21 bits per heavy atom. The van der Waals surface area contributed by atoms with Crippen LogP contribution in [0.1, 0.15) is 16.7 Å². The van der Waals surface area contributed by atoms with Crippen molar-refractivity contribution in [2.24, 2.45) is 0 Å². The molecule has 8 nitrogen and oxygen atoms in total. The van der Waals surface area contributed by atoms with Gasteiger partial charge < -0.3 is 14.8 Å². The Labute approximate surface area is 210 Å². The summed E-state index contributed by atoms with van der Waals surface area (Å²) in [7, 11) is 1.50. The molecule has 172 valence electrons. The molecule has 0 saturated carbocycles. The number of aryl methyl sites for hydroxylation is 1. The largest absolute Gasteiger partial charge is 0.493 e. The van der Waals surface area contributed by atoms with Crippen LogP contribution in [0.2, 0.25) is 0 Å². The van der Waals surface area contributed by atoms with Crippen LogP contribution in [0, 0.1) is 31.9 Å². The van der Waals surface area contributed by atoms with Crippen molar-refractivity contribution in [1.29, 1.82) is 5.26 Å². The summed E-state index contributed by atoms with van der Waals surface area (Å²) in [6.07, 6.45) is 1.39. The van der Waals surface area contributed by atoms with Crippen LogP contribution in [0.25, 0.3) is 6.08 Å². The fourth-order valence-corrected chi connectivity index (χ4v) is 3.88. The zero-order valence-electron chi connectivity index (χ0n) is 18.4. The molecule has 3 rings (SSSR count). The van der Waals surface area contributed by atoms with Crippen LogP contribution in [0.3, 0.4) is 0 Å². The highest BCUT2D eigenvalue weighted by Crippen LogP contribution is 2.35. The van der Waals surface area contributed by atoms with E-state index in [4.69, 9.17) is 9.47 Å². The minimum absolute atomic E-state index is 0.0126. The summed E-state index contributed by atoms with van der Waals surface area (Å²) < 4.78 is 12.1. The predicted molar refractivity (Wildman–Crippen MR) is 137 cm³/mol. The van der Waals surface area contributed by atoms with E-state index in [-0.39, 0.29) is 16.9 Å². The fourth-order valence-electron chi connectivity index (χ4n) is 3.10. The van der Waals surface area contributed by atoms with Crippen LogP contribution in [0.4, 0.5) is 11.4 Å². The maximum atomic E-state index is 12.7. The third kappa shape index (κ3) is 6.11. The van der Waals surface area contributed by atoms with Crippen molar-refractivity contribution in [3.63, 3.8) is 0 Å². The van der Waals surface area contributed by atoms with E-state index in [9.17, 15) is 20.2 Å². The average Bonchev–Trinajstić information content (AvgIpc) is 2.83. The number of anilines is 1. The number of methoxy groups -OCH3 is 1. The Hall–Kier alpha value is -3.91. The van der Waals surface area contributed by atoms with Gasteiger partial charge in [-0.3, -0.25) is 14.9 Å². The van der Waals surface area contributed by atoms with E-state index in [2.05, 4.69) is 27.9 Å². The van der Waals surface area contributed by atoms with Gasteiger partial charge in [-0.15, -0.1) is 0 Å². The summed E-state index contributed by atoms with van der Waals surface area (Å²) in [5, 5.41) is 23.3. The van der Waals surface area contributed by atoms with Gasteiger partial charge in [0.25, 0.3) is 11.6 Å². The first-order valence-electron chi connectivity index (χ1n) is 10.0. The molecule has 0 saturated heterocycles. The minimum Gasteiger partial charge on any atom is -0.493 e. The van der Waals surface area contributed by atoms with E-state index in [1.54, 1.807) is 25.1 Å². The molecule has 3 aromatic carbocycles. The number of nitrogens with zero attached hydrogens (tertiary/aromatic N) is 2. The number of nitro benzene ring substituents is 1. The van der Waals surface area contributed by atoms with Crippen LogP contribution in [0.15, 0.2) is 66.2 Å². The van der Waals surface area contributed by atoms with E-state index >= 15 is 0 Å². The van der Waals surface area contributed by atoms with Gasteiger partial charge in [0.2, 0.25) is 0 Å². The third-order valence-corrected chi connectivity index (χ3v) is 5.55. The Morgan fingerprint density at radius 3 is 2.59 bits per heavy atom. The van der Waals surface area contributed by atoms with Gasteiger partial charge in [0.15, 0.2) is 11.5 Å². The van der Waals surface area contributed by atoms with Gasteiger partial charge in [0, 0.05) is 6.07 Å². The van der Waals surface area contributed by atoms with Crippen LogP contribution in [-0.2, 0) is 11.4 Å². The van der Waals surface area contributed by atoms with Gasteiger partial charge in [-0.1, -0.05) is 36.4 Å². The molecule has 0 aliphatic carbocycles. The number of hydrogen-bond donors (Lipinski definition) is 1. The minimum atomic E-state index is -0.757. The first-order valence-corrected chi connectivity index (χ1v) is 11.1. The molecule has 0 spiro atoms. The molecule has 0 atom stereocenters. The van der Waals surface area contributed by atoms with Gasteiger partial charge >= 0.3 is 0 Å². The Bertz CT molecular complexity index is 1300. The predicted octanol–water partition coefficient (Wildman–Crippen LogP) is 5.64. The molecule has 0 fully saturated rings. The number of carbonyl (C=O) groups is 1. The zero-order chi connectivity index (χ0) is 24.7. The standard InChI is InChI=1S/C25H20IN3O5/c1-16-8-9-21(22(10-16)29(31)32)28-25(30)19(14-27)11-18-12-20(26)24(23(13-18)33-2)34-15-17-6-4-3-5-7-17/h3-13H,15H2,1-2H3,(H,28,30)/b19-11+. The van der Waals surface area contributed by atoms with Crippen LogP contribution < -0.4 is 14.8 Å². The summed E-state index contributed by atoms with van der Waals surface area (Å²) in [5.41, 5.74) is 1.76. The quantitative estimate of drug-likeness (QED) is 0.124. The van der Waals surface area contributed by atoms with Crippen molar-refractivity contribution in [2.45, 2.75) is 13.5 Å². The summed E-state index contributed by atoms with van der Waals surface area (Å²) in [6.45, 7) is 2.06. The number of amides is 1. The maximum Gasteiger partial charge on any atom is 0.293 e. The van der Waals surface area contributed by atoms with Crippen molar-refractivity contribution in [3.05, 3.63) is 96.6 Å². The number of ether oxygens (including phenoxy) is 2. The summed E-state index contributed by atoms with van der Waals surface area (Å²) >= 11 is 2.09. The lowest BCUT2D eigenvalue weighted by Crippen LogP contribution is -2.14. The first kappa shape index (κ1) is 24.7. The molecule has 1 amide bonds. The zero-order valence-corrected chi connectivity index (χ0v) is 20.5. The molecule has 0 aromatic heterocycles. The normalized spacial score (nSPS) is 10.8. The SMILES string of the molecule is COc1cc(/C=C(\C#N)C(=O)Nc2ccc(C)cc2[N+](=O)[O-])cc(I)c1OCc1ccccc1. The molecule has 34 heavy (non-hydrogen) atoms. The van der Waals surface area contributed by atoms with Crippen molar-refractivity contribution < 1.29 is 19.2 Å². The molecule has 0 aliphatic heterocycles. The number of nitriles is 1. The van der Waals surface area contributed by atoms with Gasteiger partial charge in [-0.05, 0) is 70.5 Å². The second-order valence-corrected chi connectivity index (χ2v) is 8.37. The Balaban J connectivity index is 1.85. The van der Waals surface area contributed by atoms with Crippen LogP contribution in [-0.4, -0.2) is 17.9 Å². The highest BCUT2D eigenvalue weighted by Gasteiger charge is 2.19. The monoisotopic (exact) mass is 569 g/mol. The summed E-state index contributed by atoms with van der Waals surface area (Å²) in [4.78, 5) is 23.4. The van der Waals surface area contributed by atoms with E-state index in [0.717, 1.165) is 9.13 Å². The number of nitro groups is 1. The number of benzene rings is 3. The highest BCUT2D eigenvalue weighted by atomic mass is 127. The van der Waals surface area contributed by atoms with Crippen LogP contribution >= 0.6 is 22.6 Å². The topological polar surface area (TPSA) is 114 Å². The number of halogens is 1. The molecule has 3 aromatic rings. The molecule has 0 aliphatic rings. The van der Waals surface area contributed by atoms with E-state index in [1.165, 1.54) is 25.3 Å². The summed E-state index contributed by atoms with van der Waals surface area (Å²) in [6, 6.07) is 19.4. The van der Waals surface area contributed by atoms with Crippen molar-refractivity contribution >= 4 is 45.9 Å². The van der Waals surface area contributed by atoms with E-state index < -0.39 is 10.8 Å². The molecule has 0 radical (unpaired) electrons. The van der Waals surface area contributed by atoms with Crippen molar-refractivity contribution in [3.8, 4) is 17.6 Å². The number of rotatable bonds is 8. The van der Waals surface area contributed by atoms with Gasteiger partial charge in [-0.25, -0.2) is 0 Å². The lowest BCUT2D eigenvalue weighted by atomic mass is 10.1. The van der Waals surface area contributed by atoms with Crippen molar-refractivity contribution in [1.82, 2.24) is 0 Å². The lowest BCUT2D eigenvalue weighted by Gasteiger charge is -2.14. The lowest BCUT2D eigenvalue weighted by molar-refractivity contribution is -0.384. The molecular formula is C25H20IN3O5. The molecule has 0 unspecified atom stereocenters. The molecule has 1 N–H and O–H groups in total. The summed E-state index contributed by atoms with van der Waals surface area (Å²) in [5.74, 6) is 0.233. The second-order valence-electron chi connectivity index (χ2n) is 7.21. The van der Waals surface area contributed by atoms with Gasteiger partial charge in [0.05, 0.1) is 15.6 Å². The second kappa shape index (κ2) is 11.3. The third-order valence-electron chi connectivity index (χ3n) is 4.75. The van der Waals surface area contributed by atoms with Gasteiger partial charge in [0.1, 0.15) is 23.9 Å². The highest BCUT2D eigenvalue weighted by molar-refractivity contribution is 14.1. The van der Waals surface area contributed by atoms with Gasteiger partial charge in [-0.2, -0.15) is 5.26 Å². The van der Waals surface area contributed by atoms with Crippen molar-refractivity contribution in [2.75, 3.05) is 12.4 Å². The number of nitrogens with one attached hydrogen (secondary N) is 1. The molecular weight excluding hydrogens is 549 g/mol.